The van der Waals surface area contributed by atoms with E-state index >= 15 is 0 Å². The highest BCUT2D eigenvalue weighted by molar-refractivity contribution is 6.00. The molecule has 1 heterocycles. The van der Waals surface area contributed by atoms with Crippen LogP contribution in [-0.4, -0.2) is 53.7 Å². The first-order valence-corrected chi connectivity index (χ1v) is 8.83. The molecule has 0 atom stereocenters. The molecule has 8 heteroatoms. The summed E-state index contributed by atoms with van der Waals surface area (Å²) in [6.45, 7) is 1.76. The third-order valence-electron chi connectivity index (χ3n) is 4.59. The van der Waals surface area contributed by atoms with Gasteiger partial charge in [-0.1, -0.05) is 0 Å². The average molecular weight is 387 g/mol. The molecule has 1 aliphatic heterocycles. The van der Waals surface area contributed by atoms with E-state index in [0.29, 0.717) is 34.7 Å². The van der Waals surface area contributed by atoms with Crippen molar-refractivity contribution in [1.29, 1.82) is 0 Å². The molecular formula is C20H25N3O5. The first kappa shape index (κ1) is 19.6. The molecule has 28 heavy (non-hydrogen) atoms. The molecule has 2 amide bonds. The molecule has 2 N–H and O–H groups in total. The van der Waals surface area contributed by atoms with Crippen LogP contribution >= 0.6 is 0 Å². The Hall–Kier alpha value is -3.13. The van der Waals surface area contributed by atoms with Crippen LogP contribution in [0.5, 0.6) is 17.2 Å². The van der Waals surface area contributed by atoms with Crippen LogP contribution in [-0.2, 0) is 4.74 Å². The number of methoxy groups -OCH3 is 4. The van der Waals surface area contributed by atoms with Crippen LogP contribution in [0.4, 0.5) is 21.9 Å². The summed E-state index contributed by atoms with van der Waals surface area (Å²) in [4.78, 5) is 14.6. The van der Waals surface area contributed by atoms with Crippen molar-refractivity contribution < 1.29 is 23.7 Å². The molecule has 8 nitrogen and oxygen atoms in total. The van der Waals surface area contributed by atoms with E-state index in [2.05, 4.69) is 15.5 Å². The quantitative estimate of drug-likeness (QED) is 0.759. The van der Waals surface area contributed by atoms with Crippen LogP contribution in [0.25, 0.3) is 0 Å². The molecule has 2 aromatic rings. The normalized spacial score (nSPS) is 13.5. The van der Waals surface area contributed by atoms with Gasteiger partial charge in [0.1, 0.15) is 0 Å². The second-order valence-electron chi connectivity index (χ2n) is 6.30. The zero-order valence-corrected chi connectivity index (χ0v) is 16.4. The fourth-order valence-electron chi connectivity index (χ4n) is 3.00. The molecule has 0 bridgehead atoms. The lowest BCUT2D eigenvalue weighted by Crippen LogP contribution is -2.51. The molecular weight excluding hydrogens is 362 g/mol. The minimum absolute atomic E-state index is 0.294. The number of benzene rings is 2. The Morgan fingerprint density at radius 2 is 1.46 bits per heavy atom. The summed E-state index contributed by atoms with van der Waals surface area (Å²) in [7, 11) is 6.30. The minimum atomic E-state index is -0.370. The van der Waals surface area contributed by atoms with Crippen molar-refractivity contribution in [3.8, 4) is 17.2 Å². The Morgan fingerprint density at radius 1 is 0.893 bits per heavy atom. The number of hydrogen-bond donors (Lipinski definition) is 2. The Balaban J connectivity index is 1.62. The van der Waals surface area contributed by atoms with E-state index in [4.69, 9.17) is 18.9 Å². The van der Waals surface area contributed by atoms with Crippen molar-refractivity contribution in [1.82, 2.24) is 0 Å². The van der Waals surface area contributed by atoms with E-state index in [1.54, 1.807) is 19.2 Å². The number of carbonyl (C=O) groups excluding carboxylic acids is 1. The minimum Gasteiger partial charge on any atom is -0.493 e. The topological polar surface area (TPSA) is 81.3 Å². The van der Waals surface area contributed by atoms with Gasteiger partial charge in [-0.3, -0.25) is 0 Å². The maximum atomic E-state index is 12.3. The average Bonchev–Trinajstić information content (AvgIpc) is 2.67. The van der Waals surface area contributed by atoms with Crippen LogP contribution in [0.15, 0.2) is 36.4 Å². The first-order chi connectivity index (χ1) is 13.6. The second kappa shape index (κ2) is 8.71. The fraction of sp³-hybridized carbons (Fsp3) is 0.350. The van der Waals surface area contributed by atoms with Gasteiger partial charge >= 0.3 is 6.03 Å². The van der Waals surface area contributed by atoms with Crippen LogP contribution in [0.1, 0.15) is 0 Å². The van der Waals surface area contributed by atoms with Gasteiger partial charge in [0.2, 0.25) is 5.75 Å². The van der Waals surface area contributed by atoms with E-state index in [1.807, 2.05) is 24.3 Å². The number of nitrogens with one attached hydrogen (secondary N) is 2. The molecule has 1 aliphatic rings. The van der Waals surface area contributed by atoms with E-state index in [9.17, 15) is 4.79 Å². The third-order valence-corrected chi connectivity index (χ3v) is 4.59. The fourth-order valence-corrected chi connectivity index (χ4v) is 3.00. The Labute approximate surface area is 164 Å². The number of rotatable bonds is 7. The maximum Gasteiger partial charge on any atom is 0.323 e. The van der Waals surface area contributed by atoms with Crippen molar-refractivity contribution in [3.05, 3.63) is 36.4 Å². The summed E-state index contributed by atoms with van der Waals surface area (Å²) in [6.07, 6.45) is 0.294. The molecule has 0 radical (unpaired) electrons. The number of amides is 2. The zero-order valence-electron chi connectivity index (χ0n) is 16.4. The van der Waals surface area contributed by atoms with E-state index in [-0.39, 0.29) is 6.03 Å². The van der Waals surface area contributed by atoms with Crippen molar-refractivity contribution in [2.45, 2.75) is 6.10 Å². The van der Waals surface area contributed by atoms with Gasteiger partial charge in [-0.2, -0.15) is 0 Å². The van der Waals surface area contributed by atoms with Gasteiger partial charge < -0.3 is 34.5 Å². The molecule has 0 unspecified atom stereocenters. The van der Waals surface area contributed by atoms with E-state index in [0.717, 1.165) is 18.8 Å². The number of carbonyl (C=O) groups is 1. The summed E-state index contributed by atoms with van der Waals surface area (Å²) in [6, 6.07) is 10.6. The standard InChI is InChI=1S/C20H25N3O5/c1-25-16-11-23(12-16)15-7-5-13(6-8-15)21-20(24)22-14-9-17(26-2)19(28-4)18(10-14)27-3/h5-10,16H,11-12H2,1-4H3,(H2,21,22,24). The highest BCUT2D eigenvalue weighted by atomic mass is 16.5. The maximum absolute atomic E-state index is 12.3. The predicted octanol–water partition coefficient (Wildman–Crippen LogP) is 3.19. The van der Waals surface area contributed by atoms with Crippen molar-refractivity contribution in [3.63, 3.8) is 0 Å². The summed E-state index contributed by atoms with van der Waals surface area (Å²) in [5.41, 5.74) is 2.32. The second-order valence-corrected chi connectivity index (χ2v) is 6.30. The Bertz CT molecular complexity index is 794. The zero-order chi connectivity index (χ0) is 20.1. The van der Waals surface area contributed by atoms with Gasteiger partial charge in [0, 0.05) is 43.7 Å². The summed E-state index contributed by atoms with van der Waals surface area (Å²) >= 11 is 0. The van der Waals surface area contributed by atoms with Gasteiger partial charge in [0.05, 0.1) is 33.1 Å². The Kier molecular flexibility index (Phi) is 6.10. The number of ether oxygens (including phenoxy) is 4. The van der Waals surface area contributed by atoms with Crippen LogP contribution in [0.2, 0.25) is 0 Å². The highest BCUT2D eigenvalue weighted by Crippen LogP contribution is 2.39. The largest absolute Gasteiger partial charge is 0.493 e. The van der Waals surface area contributed by atoms with Gasteiger partial charge in [0.25, 0.3) is 0 Å². The summed E-state index contributed by atoms with van der Waals surface area (Å²) in [5, 5.41) is 5.58. The predicted molar refractivity (Wildman–Crippen MR) is 108 cm³/mol. The van der Waals surface area contributed by atoms with Gasteiger partial charge in [-0.05, 0) is 24.3 Å². The SMILES string of the molecule is COc1cc(NC(=O)Nc2ccc(N3CC(OC)C3)cc2)cc(OC)c1OC. The molecule has 2 aromatic carbocycles. The van der Waals surface area contributed by atoms with Crippen molar-refractivity contribution in [2.24, 2.45) is 0 Å². The molecule has 150 valence electrons. The van der Waals surface area contributed by atoms with Gasteiger partial charge in [0.15, 0.2) is 11.5 Å². The van der Waals surface area contributed by atoms with Crippen LogP contribution in [0, 0.1) is 0 Å². The lowest BCUT2D eigenvalue weighted by molar-refractivity contribution is 0.0788. The lowest BCUT2D eigenvalue weighted by atomic mass is 10.1. The van der Waals surface area contributed by atoms with Gasteiger partial charge in [-0.25, -0.2) is 4.79 Å². The first-order valence-electron chi connectivity index (χ1n) is 8.83. The smallest absolute Gasteiger partial charge is 0.323 e. The monoisotopic (exact) mass is 387 g/mol. The molecule has 3 rings (SSSR count). The number of anilines is 3. The summed E-state index contributed by atoms with van der Waals surface area (Å²) < 4.78 is 21.2. The lowest BCUT2D eigenvalue weighted by Gasteiger charge is -2.40. The van der Waals surface area contributed by atoms with Crippen LogP contribution in [0.3, 0.4) is 0 Å². The summed E-state index contributed by atoms with van der Waals surface area (Å²) in [5.74, 6) is 1.39. The number of nitrogens with zero attached hydrogens (tertiary/aromatic N) is 1. The van der Waals surface area contributed by atoms with Crippen molar-refractivity contribution in [2.75, 3.05) is 57.1 Å². The molecule has 1 saturated heterocycles. The molecule has 1 fully saturated rings. The van der Waals surface area contributed by atoms with E-state index in [1.165, 1.54) is 21.3 Å². The third kappa shape index (κ3) is 4.23. The van der Waals surface area contributed by atoms with Crippen molar-refractivity contribution >= 4 is 23.1 Å². The highest BCUT2D eigenvalue weighted by Gasteiger charge is 2.26. The Morgan fingerprint density at radius 3 is 1.96 bits per heavy atom. The molecule has 0 saturated carbocycles. The molecule has 0 aromatic heterocycles. The molecule has 0 aliphatic carbocycles. The van der Waals surface area contributed by atoms with E-state index < -0.39 is 0 Å². The number of urea groups is 1. The number of hydrogen-bond acceptors (Lipinski definition) is 6. The van der Waals surface area contributed by atoms with Crippen LogP contribution < -0.4 is 29.7 Å². The van der Waals surface area contributed by atoms with Gasteiger partial charge in [-0.15, -0.1) is 0 Å². The molecule has 0 spiro atoms.